The van der Waals surface area contributed by atoms with Gasteiger partial charge in [0.1, 0.15) is 0 Å². The molecule has 1 aliphatic carbocycles. The zero-order chi connectivity index (χ0) is 13.3. The van der Waals surface area contributed by atoms with Crippen LogP contribution in [-0.2, 0) is 0 Å². The first-order valence-electron chi connectivity index (χ1n) is 6.66. The van der Waals surface area contributed by atoms with Gasteiger partial charge in [0.05, 0.1) is 0 Å². The zero-order valence-electron chi connectivity index (χ0n) is 11.0. The van der Waals surface area contributed by atoms with Gasteiger partial charge in [-0.25, -0.2) is 0 Å². The smallest absolute Gasteiger partial charge is 0.231 e. The Kier molecular flexibility index (Phi) is 3.71. The van der Waals surface area contributed by atoms with Crippen LogP contribution < -0.4 is 10.2 Å². The second kappa shape index (κ2) is 5.32. The number of aromatic nitrogens is 3. The van der Waals surface area contributed by atoms with Crippen LogP contribution >= 0.6 is 23.4 Å². The van der Waals surface area contributed by atoms with Gasteiger partial charge < -0.3 is 10.2 Å². The van der Waals surface area contributed by atoms with Crippen molar-refractivity contribution in [2.45, 2.75) is 30.4 Å². The number of nitrogens with zero attached hydrogens (tertiary/aromatic N) is 4. The summed E-state index contributed by atoms with van der Waals surface area (Å²) >= 11 is 7.91. The molecular formula is C12H18ClN5S. The number of rotatable bonds is 5. The summed E-state index contributed by atoms with van der Waals surface area (Å²) in [6, 6.07) is 0. The molecule has 1 saturated heterocycles. The third-order valence-electron chi connectivity index (χ3n) is 3.79. The molecule has 19 heavy (non-hydrogen) atoms. The van der Waals surface area contributed by atoms with E-state index in [9.17, 15) is 0 Å². The monoisotopic (exact) mass is 299 g/mol. The molecule has 2 aliphatic rings. The minimum atomic E-state index is 0.272. The van der Waals surface area contributed by atoms with E-state index in [1.54, 1.807) is 0 Å². The first-order valence-corrected chi connectivity index (χ1v) is 8.27. The van der Waals surface area contributed by atoms with Crippen molar-refractivity contribution < 1.29 is 0 Å². The standard InChI is InChI=1S/C12H18ClN5S/c1-19-12(4-5-12)8-14-10-15-9(13)16-11(17-10)18-6-2-3-7-18/h2-8H2,1H3,(H,14,15,16,17). The molecule has 1 aromatic heterocycles. The van der Waals surface area contributed by atoms with E-state index in [1.807, 2.05) is 11.8 Å². The molecule has 5 nitrogen and oxygen atoms in total. The number of thioether (sulfide) groups is 1. The summed E-state index contributed by atoms with van der Waals surface area (Å²) in [5, 5.41) is 3.58. The van der Waals surface area contributed by atoms with Gasteiger partial charge in [0.15, 0.2) is 0 Å². The highest BCUT2D eigenvalue weighted by Gasteiger charge is 2.41. The van der Waals surface area contributed by atoms with E-state index < -0.39 is 0 Å². The Bertz CT molecular complexity index is 459. The van der Waals surface area contributed by atoms with Gasteiger partial charge >= 0.3 is 0 Å². The Morgan fingerprint density at radius 1 is 1.26 bits per heavy atom. The summed E-state index contributed by atoms with van der Waals surface area (Å²) in [7, 11) is 0. The minimum Gasteiger partial charge on any atom is -0.353 e. The van der Waals surface area contributed by atoms with Crippen LogP contribution in [-0.4, -0.2) is 45.6 Å². The first-order chi connectivity index (χ1) is 9.21. The fraction of sp³-hybridized carbons (Fsp3) is 0.750. The van der Waals surface area contributed by atoms with E-state index in [0.29, 0.717) is 16.6 Å². The molecule has 0 bridgehead atoms. The number of nitrogens with one attached hydrogen (secondary N) is 1. The van der Waals surface area contributed by atoms with E-state index in [0.717, 1.165) is 19.6 Å². The van der Waals surface area contributed by atoms with Crippen molar-refractivity contribution in [3.8, 4) is 0 Å². The maximum absolute atomic E-state index is 5.99. The van der Waals surface area contributed by atoms with Gasteiger partial charge in [-0.3, -0.25) is 0 Å². The van der Waals surface area contributed by atoms with Gasteiger partial charge in [-0.2, -0.15) is 26.7 Å². The molecule has 2 fully saturated rings. The Labute approximate surface area is 122 Å². The highest BCUT2D eigenvalue weighted by molar-refractivity contribution is 8.00. The summed E-state index contributed by atoms with van der Waals surface area (Å²) in [5.41, 5.74) is 0. The average molecular weight is 300 g/mol. The highest BCUT2D eigenvalue weighted by atomic mass is 35.5. The van der Waals surface area contributed by atoms with Crippen molar-refractivity contribution in [1.82, 2.24) is 15.0 Å². The van der Waals surface area contributed by atoms with Gasteiger partial charge in [-0.1, -0.05) is 0 Å². The van der Waals surface area contributed by atoms with Crippen molar-refractivity contribution in [2.75, 3.05) is 36.1 Å². The third kappa shape index (κ3) is 3.05. The number of anilines is 2. The van der Waals surface area contributed by atoms with Gasteiger partial charge in [0.2, 0.25) is 17.2 Å². The maximum Gasteiger partial charge on any atom is 0.231 e. The Balaban J connectivity index is 1.70. The molecular weight excluding hydrogens is 282 g/mol. The highest BCUT2D eigenvalue weighted by Crippen LogP contribution is 2.46. The van der Waals surface area contributed by atoms with Crippen LogP contribution in [0.5, 0.6) is 0 Å². The van der Waals surface area contributed by atoms with Crippen LogP contribution in [0.2, 0.25) is 5.28 Å². The minimum absolute atomic E-state index is 0.272. The lowest BCUT2D eigenvalue weighted by molar-refractivity contribution is 0.865. The average Bonchev–Trinajstić information content (AvgIpc) is 2.98. The number of halogens is 1. The third-order valence-corrected chi connectivity index (χ3v) is 5.38. The lowest BCUT2D eigenvalue weighted by Crippen LogP contribution is -2.23. The van der Waals surface area contributed by atoms with Crippen LogP contribution in [0.4, 0.5) is 11.9 Å². The maximum atomic E-state index is 5.99. The number of hydrogen-bond donors (Lipinski definition) is 1. The van der Waals surface area contributed by atoms with Crippen LogP contribution in [0.1, 0.15) is 25.7 Å². The fourth-order valence-corrected chi connectivity index (χ4v) is 3.19. The van der Waals surface area contributed by atoms with Crippen molar-refractivity contribution in [3.05, 3.63) is 5.28 Å². The predicted octanol–water partition coefficient (Wildman–Crippen LogP) is 2.43. The van der Waals surface area contributed by atoms with Gasteiger partial charge in [0, 0.05) is 24.4 Å². The molecule has 1 aliphatic heterocycles. The normalized spacial score (nSPS) is 20.6. The lowest BCUT2D eigenvalue weighted by atomic mass is 10.4. The molecule has 0 unspecified atom stereocenters. The summed E-state index contributed by atoms with van der Waals surface area (Å²) < 4.78 is 0.382. The molecule has 1 N–H and O–H groups in total. The van der Waals surface area contributed by atoms with Gasteiger partial charge in [-0.15, -0.1) is 0 Å². The largest absolute Gasteiger partial charge is 0.353 e. The van der Waals surface area contributed by atoms with Gasteiger partial charge in [-0.05, 0) is 43.5 Å². The molecule has 104 valence electrons. The number of hydrogen-bond acceptors (Lipinski definition) is 6. The van der Waals surface area contributed by atoms with E-state index in [-0.39, 0.29) is 5.28 Å². The first kappa shape index (κ1) is 13.2. The Morgan fingerprint density at radius 2 is 2.00 bits per heavy atom. The van der Waals surface area contributed by atoms with E-state index in [1.165, 1.54) is 25.7 Å². The SMILES string of the molecule is CSC1(CNc2nc(Cl)nc(N3CCCC3)n2)CC1. The molecule has 1 saturated carbocycles. The molecule has 0 atom stereocenters. The van der Waals surface area contributed by atoms with Crippen LogP contribution in [0.3, 0.4) is 0 Å². The molecule has 0 aromatic carbocycles. The quantitative estimate of drug-likeness (QED) is 0.901. The van der Waals surface area contributed by atoms with Crippen molar-refractivity contribution in [1.29, 1.82) is 0 Å². The Hall–Kier alpha value is -0.750. The Morgan fingerprint density at radius 3 is 2.63 bits per heavy atom. The summed E-state index contributed by atoms with van der Waals surface area (Å²) in [6.45, 7) is 2.91. The molecule has 2 heterocycles. The summed E-state index contributed by atoms with van der Waals surface area (Å²) in [4.78, 5) is 15.0. The molecule has 7 heteroatoms. The van der Waals surface area contributed by atoms with Crippen molar-refractivity contribution >= 4 is 35.3 Å². The molecule has 0 spiro atoms. The van der Waals surface area contributed by atoms with Crippen LogP contribution in [0.25, 0.3) is 0 Å². The van der Waals surface area contributed by atoms with E-state index in [4.69, 9.17) is 11.6 Å². The zero-order valence-corrected chi connectivity index (χ0v) is 12.6. The van der Waals surface area contributed by atoms with Crippen LogP contribution in [0.15, 0.2) is 0 Å². The van der Waals surface area contributed by atoms with Crippen molar-refractivity contribution in [3.63, 3.8) is 0 Å². The molecule has 0 amide bonds. The predicted molar refractivity (Wildman–Crippen MR) is 80.3 cm³/mol. The molecule has 1 aromatic rings. The lowest BCUT2D eigenvalue weighted by Gasteiger charge is -2.17. The topological polar surface area (TPSA) is 53.9 Å². The fourth-order valence-electron chi connectivity index (χ4n) is 2.31. The second-order valence-electron chi connectivity index (χ2n) is 5.16. The van der Waals surface area contributed by atoms with Gasteiger partial charge in [0.25, 0.3) is 0 Å². The molecule has 3 rings (SSSR count). The summed E-state index contributed by atoms with van der Waals surface area (Å²) in [6.07, 6.45) is 7.08. The van der Waals surface area contributed by atoms with Crippen molar-refractivity contribution in [2.24, 2.45) is 0 Å². The van der Waals surface area contributed by atoms with Crippen LogP contribution in [0, 0.1) is 0 Å². The van der Waals surface area contributed by atoms with E-state index >= 15 is 0 Å². The van der Waals surface area contributed by atoms with E-state index in [2.05, 4.69) is 31.4 Å². The summed E-state index contributed by atoms with van der Waals surface area (Å²) in [5.74, 6) is 1.30. The second-order valence-corrected chi connectivity index (χ2v) is 6.78. The molecule has 0 radical (unpaired) electrons.